The van der Waals surface area contributed by atoms with Gasteiger partial charge in [-0.1, -0.05) is 110 Å². The van der Waals surface area contributed by atoms with Crippen LogP contribution in [-0.4, -0.2) is 20.9 Å². The van der Waals surface area contributed by atoms with Gasteiger partial charge in [-0.05, 0) is 59.6 Å². The molecule has 0 spiro atoms. The minimum Gasteiger partial charge on any atom is -0.512 e. The second-order valence-electron chi connectivity index (χ2n) is 14.5. The minimum atomic E-state index is -0.337. The van der Waals surface area contributed by atoms with Crippen LogP contribution in [0, 0.1) is 16.9 Å². The number of aliphatic hydroxyl groups is 1. The average molecular weight is 834 g/mol. The van der Waals surface area contributed by atoms with Gasteiger partial charge >= 0.3 is 0 Å². The second-order valence-corrected chi connectivity index (χ2v) is 14.5. The maximum Gasteiger partial charge on any atom is 0.221 e. The number of hydrogen-bond donors (Lipinski definition) is 1. The molecule has 5 nitrogen and oxygen atoms in total. The van der Waals surface area contributed by atoms with Crippen molar-refractivity contribution >= 4 is 49.4 Å². The van der Waals surface area contributed by atoms with E-state index in [1.807, 2.05) is 53.7 Å². The van der Waals surface area contributed by atoms with Crippen molar-refractivity contribution in [2.75, 3.05) is 0 Å². The Labute approximate surface area is 304 Å². The van der Waals surface area contributed by atoms with Crippen LogP contribution in [0.4, 0.5) is 0 Å². The number of carbonyl (C=O) groups is 1. The summed E-state index contributed by atoms with van der Waals surface area (Å²) in [6, 6.07) is 26.8. The van der Waals surface area contributed by atoms with E-state index in [1.54, 1.807) is 6.33 Å². The molecule has 0 aliphatic carbocycles. The summed E-state index contributed by atoms with van der Waals surface area (Å²) in [4.78, 5) is 21.3. The monoisotopic (exact) mass is 834 g/mol. The Bertz CT molecular complexity index is 2130. The second kappa shape index (κ2) is 14.9. The number of nitrogens with zero attached hydrogens (tertiary/aromatic N) is 2. The summed E-state index contributed by atoms with van der Waals surface area (Å²) in [5, 5.41) is 16.7. The van der Waals surface area contributed by atoms with Crippen LogP contribution in [0.25, 0.3) is 54.9 Å². The molecular formula is C43H49IrN2O3-. The molecule has 0 amide bonds. The molecule has 2 heterocycles. The molecule has 0 atom stereocenters. The number of ketones is 1. The number of furan rings is 1. The number of benzene rings is 4. The zero-order valence-electron chi connectivity index (χ0n) is 30.3. The Hall–Kier alpha value is -3.86. The first-order valence-corrected chi connectivity index (χ1v) is 17.3. The third-order valence-corrected chi connectivity index (χ3v) is 10.7. The summed E-state index contributed by atoms with van der Waals surface area (Å²) < 4.78 is 6.13. The SMILES string of the molecule is CC(C)(C)c1ccc2c(-c3ncnc4oc5cc6ccccc6cc5c34)[c-]ccc2c1.CCC(C)(CC)C(=O)/C=C(\O)C(C)(CC)CC.[Ir]. The van der Waals surface area contributed by atoms with Gasteiger partial charge in [-0.15, -0.1) is 29.1 Å². The van der Waals surface area contributed by atoms with Crippen molar-refractivity contribution in [3.05, 3.63) is 96.5 Å². The maximum absolute atomic E-state index is 12.2. The molecule has 0 unspecified atom stereocenters. The van der Waals surface area contributed by atoms with Gasteiger partial charge < -0.3 is 9.52 Å². The van der Waals surface area contributed by atoms with E-state index in [0.717, 1.165) is 64.1 Å². The zero-order valence-corrected chi connectivity index (χ0v) is 32.7. The molecule has 49 heavy (non-hydrogen) atoms. The molecule has 2 aromatic heterocycles. The van der Waals surface area contributed by atoms with Crippen LogP contribution in [0.1, 0.15) is 93.6 Å². The third-order valence-electron chi connectivity index (χ3n) is 10.7. The van der Waals surface area contributed by atoms with Crippen LogP contribution >= 0.6 is 0 Å². The number of carbonyl (C=O) groups excluding carboxylic acids is 1. The zero-order chi connectivity index (χ0) is 34.9. The molecule has 0 bridgehead atoms. The number of allylic oxidation sites excluding steroid dienone is 2. The van der Waals surface area contributed by atoms with Crippen LogP contribution in [-0.2, 0) is 30.3 Å². The molecule has 0 aliphatic rings. The van der Waals surface area contributed by atoms with E-state index in [2.05, 4.69) is 86.4 Å². The van der Waals surface area contributed by atoms with Crippen molar-refractivity contribution < 1.29 is 34.4 Å². The first-order valence-electron chi connectivity index (χ1n) is 17.3. The Morgan fingerprint density at radius 2 is 1.43 bits per heavy atom. The number of aromatic nitrogens is 2. The van der Waals surface area contributed by atoms with Crippen molar-refractivity contribution in [3.8, 4) is 11.3 Å². The molecule has 6 heteroatoms. The number of hydrogen-bond acceptors (Lipinski definition) is 5. The molecule has 6 aromatic rings. The standard InChI is InChI=1S/C28H21N2O.C15H28O2.Ir/c1-28(2,3)20-11-12-21-19(13-20)9-6-10-22(21)26-25-23-14-17-7-4-5-8-18(17)15-24(23)31-27(25)30-16-29-26;1-7-14(5,8-2)12(16)11-13(17)15(6,9-3)10-4;/h4-9,11-16H,1-3H3;11,16H,7-10H2,1-6H3;/q-1;;/b;12-11-;. The van der Waals surface area contributed by atoms with Gasteiger partial charge in [0.15, 0.2) is 5.78 Å². The van der Waals surface area contributed by atoms with Crippen LogP contribution in [0.2, 0.25) is 0 Å². The molecule has 0 aliphatic heterocycles. The molecule has 6 rings (SSSR count). The Morgan fingerprint density at radius 3 is 2.04 bits per heavy atom. The van der Waals surface area contributed by atoms with E-state index in [1.165, 1.54) is 22.4 Å². The quantitative estimate of drug-likeness (QED) is 0.0939. The fourth-order valence-electron chi connectivity index (χ4n) is 6.05. The summed E-state index contributed by atoms with van der Waals surface area (Å²) >= 11 is 0. The topological polar surface area (TPSA) is 76.2 Å². The van der Waals surface area contributed by atoms with Crippen LogP contribution < -0.4 is 0 Å². The van der Waals surface area contributed by atoms with Crippen molar-refractivity contribution in [2.24, 2.45) is 10.8 Å². The Morgan fingerprint density at radius 1 is 0.796 bits per heavy atom. The average Bonchev–Trinajstić information content (AvgIpc) is 3.46. The molecule has 259 valence electrons. The van der Waals surface area contributed by atoms with E-state index in [4.69, 9.17) is 9.40 Å². The largest absolute Gasteiger partial charge is 0.512 e. The van der Waals surface area contributed by atoms with E-state index in [-0.39, 0.29) is 47.9 Å². The van der Waals surface area contributed by atoms with Gasteiger partial charge in [-0.2, -0.15) is 0 Å². The fourth-order valence-corrected chi connectivity index (χ4v) is 6.05. The minimum absolute atomic E-state index is 0. The van der Waals surface area contributed by atoms with Crippen molar-refractivity contribution in [1.29, 1.82) is 0 Å². The molecule has 4 aromatic carbocycles. The van der Waals surface area contributed by atoms with Crippen LogP contribution in [0.15, 0.2) is 89.3 Å². The fraction of sp³-hybridized carbons (Fsp3) is 0.372. The molecule has 0 saturated heterocycles. The Kier molecular flexibility index (Phi) is 11.6. The van der Waals surface area contributed by atoms with E-state index >= 15 is 0 Å². The maximum atomic E-state index is 12.2. The molecule has 0 fully saturated rings. The first-order chi connectivity index (χ1) is 22.8. The van der Waals surface area contributed by atoms with Gasteiger partial charge in [0.05, 0.1) is 0 Å². The van der Waals surface area contributed by atoms with E-state index in [0.29, 0.717) is 5.71 Å². The van der Waals surface area contributed by atoms with Gasteiger partial charge in [0, 0.05) is 53.5 Å². The molecular weight excluding hydrogens is 785 g/mol. The third kappa shape index (κ3) is 7.51. The van der Waals surface area contributed by atoms with Gasteiger partial charge in [-0.25, -0.2) is 4.98 Å². The predicted molar refractivity (Wildman–Crippen MR) is 200 cm³/mol. The van der Waals surface area contributed by atoms with Gasteiger partial charge in [0.25, 0.3) is 0 Å². The van der Waals surface area contributed by atoms with E-state index in [9.17, 15) is 9.90 Å². The number of fused-ring (bicyclic) bond motifs is 5. The smallest absolute Gasteiger partial charge is 0.221 e. The summed E-state index contributed by atoms with van der Waals surface area (Å²) in [6.07, 6.45) is 6.33. The van der Waals surface area contributed by atoms with Crippen LogP contribution in [0.3, 0.4) is 0 Å². The van der Waals surface area contributed by atoms with Crippen molar-refractivity contribution in [3.63, 3.8) is 0 Å². The predicted octanol–water partition coefficient (Wildman–Crippen LogP) is 12.1. The summed E-state index contributed by atoms with van der Waals surface area (Å²) in [7, 11) is 0. The first kappa shape index (κ1) is 37.9. The summed E-state index contributed by atoms with van der Waals surface area (Å²) in [6.45, 7) is 18.8. The Balaban J connectivity index is 0.000000260. The van der Waals surface area contributed by atoms with Gasteiger partial charge in [0.2, 0.25) is 5.71 Å². The summed E-state index contributed by atoms with van der Waals surface area (Å²) in [5.41, 5.74) is 4.06. The van der Waals surface area contributed by atoms with Crippen molar-refractivity contribution in [2.45, 2.75) is 93.4 Å². The molecule has 1 radical (unpaired) electrons. The van der Waals surface area contributed by atoms with Crippen LogP contribution in [0.5, 0.6) is 0 Å². The van der Waals surface area contributed by atoms with Gasteiger partial charge in [0.1, 0.15) is 17.7 Å². The normalized spacial score (nSPS) is 12.6. The number of aliphatic hydroxyl groups excluding tert-OH is 1. The number of rotatable bonds is 8. The van der Waals surface area contributed by atoms with E-state index < -0.39 is 0 Å². The molecule has 0 saturated carbocycles. The van der Waals surface area contributed by atoms with Crippen molar-refractivity contribution in [1.82, 2.24) is 9.97 Å². The molecule has 1 N–H and O–H groups in total. The van der Waals surface area contributed by atoms with Gasteiger partial charge in [-0.3, -0.25) is 9.78 Å². The summed E-state index contributed by atoms with van der Waals surface area (Å²) in [5.74, 6) is 0.286.